The molecule has 13 heavy (non-hydrogen) atoms. The first-order valence-corrected chi connectivity index (χ1v) is 4.50. The molecule has 0 amide bonds. The zero-order valence-electron chi connectivity index (χ0n) is 8.00. The van der Waals surface area contributed by atoms with Crippen LogP contribution in [0.4, 0.5) is 0 Å². The highest BCUT2D eigenvalue weighted by atomic mass is 16.5. The van der Waals surface area contributed by atoms with Crippen molar-refractivity contribution in [3.8, 4) is 5.88 Å². The predicted octanol–water partition coefficient (Wildman–Crippen LogP) is 1.13. The molecule has 1 aromatic rings. The summed E-state index contributed by atoms with van der Waals surface area (Å²) in [6, 6.07) is 3.93. The minimum Gasteiger partial charge on any atom is -0.469 e. The van der Waals surface area contributed by atoms with Gasteiger partial charge in [-0.15, -0.1) is 0 Å². The van der Waals surface area contributed by atoms with Gasteiger partial charge in [-0.25, -0.2) is 4.98 Å². The minimum atomic E-state index is -0.0533. The molecule has 2 heterocycles. The van der Waals surface area contributed by atoms with Gasteiger partial charge in [0.15, 0.2) is 0 Å². The van der Waals surface area contributed by atoms with E-state index in [-0.39, 0.29) is 5.60 Å². The quantitative estimate of drug-likeness (QED) is 0.737. The Labute approximate surface area is 78.1 Å². The maximum absolute atomic E-state index is 5.72. The fourth-order valence-electron chi connectivity index (χ4n) is 1.32. The lowest BCUT2D eigenvalue weighted by Gasteiger charge is -2.38. The molecule has 0 bridgehead atoms. The first kappa shape index (κ1) is 8.51. The number of nitrogens with one attached hydrogen (secondary N) is 1. The van der Waals surface area contributed by atoms with Gasteiger partial charge in [-0.05, 0) is 19.4 Å². The van der Waals surface area contributed by atoms with Gasteiger partial charge in [0, 0.05) is 25.4 Å². The third-order valence-corrected chi connectivity index (χ3v) is 2.23. The van der Waals surface area contributed by atoms with Crippen LogP contribution in [0.2, 0.25) is 0 Å². The number of ether oxygens (including phenoxy) is 1. The van der Waals surface area contributed by atoms with Crippen LogP contribution >= 0.6 is 0 Å². The second-order valence-electron chi connectivity index (χ2n) is 3.83. The second-order valence-corrected chi connectivity index (χ2v) is 3.83. The molecule has 0 aliphatic carbocycles. The van der Waals surface area contributed by atoms with Gasteiger partial charge in [0.05, 0.1) is 0 Å². The van der Waals surface area contributed by atoms with E-state index < -0.39 is 0 Å². The molecule has 0 aromatic carbocycles. The Kier molecular flexibility index (Phi) is 1.96. The van der Waals surface area contributed by atoms with Gasteiger partial charge in [0.1, 0.15) is 5.60 Å². The predicted molar refractivity (Wildman–Crippen MR) is 50.9 cm³/mol. The first-order valence-electron chi connectivity index (χ1n) is 4.50. The van der Waals surface area contributed by atoms with Crippen LogP contribution in [0.15, 0.2) is 18.3 Å². The maximum Gasteiger partial charge on any atom is 0.213 e. The molecule has 1 aromatic heterocycles. The number of rotatable bonds is 2. The molecule has 0 atom stereocenters. The van der Waals surface area contributed by atoms with Crippen LogP contribution < -0.4 is 10.1 Å². The van der Waals surface area contributed by atoms with Gasteiger partial charge in [0.2, 0.25) is 5.88 Å². The Bertz CT molecular complexity index is 290. The monoisotopic (exact) mass is 178 g/mol. The number of aryl methyl sites for hydroxylation is 1. The fraction of sp³-hybridized carbons (Fsp3) is 0.500. The van der Waals surface area contributed by atoms with Gasteiger partial charge in [-0.2, -0.15) is 0 Å². The Hall–Kier alpha value is -1.09. The van der Waals surface area contributed by atoms with Gasteiger partial charge >= 0.3 is 0 Å². The van der Waals surface area contributed by atoms with Crippen molar-refractivity contribution in [1.82, 2.24) is 10.3 Å². The Morgan fingerprint density at radius 1 is 1.46 bits per heavy atom. The lowest BCUT2D eigenvalue weighted by Crippen LogP contribution is -2.61. The van der Waals surface area contributed by atoms with Crippen molar-refractivity contribution < 1.29 is 4.74 Å². The molecule has 0 radical (unpaired) electrons. The number of aromatic nitrogens is 1. The third-order valence-electron chi connectivity index (χ3n) is 2.23. The van der Waals surface area contributed by atoms with Crippen molar-refractivity contribution in [2.45, 2.75) is 19.4 Å². The van der Waals surface area contributed by atoms with Crippen LogP contribution in [-0.2, 0) is 0 Å². The van der Waals surface area contributed by atoms with E-state index in [1.165, 1.54) is 0 Å². The van der Waals surface area contributed by atoms with E-state index in [0.29, 0.717) is 0 Å². The Morgan fingerprint density at radius 2 is 2.23 bits per heavy atom. The lowest BCUT2D eigenvalue weighted by atomic mass is 10.0. The normalized spacial score (nSPS) is 19.2. The average Bonchev–Trinajstić information content (AvgIpc) is 2.06. The summed E-state index contributed by atoms with van der Waals surface area (Å²) in [5.74, 6) is 0.717. The Morgan fingerprint density at radius 3 is 2.69 bits per heavy atom. The van der Waals surface area contributed by atoms with E-state index in [1.807, 2.05) is 25.3 Å². The topological polar surface area (TPSA) is 34.1 Å². The average molecular weight is 178 g/mol. The summed E-state index contributed by atoms with van der Waals surface area (Å²) in [6.07, 6.45) is 1.82. The zero-order valence-corrected chi connectivity index (χ0v) is 8.00. The molecule has 1 fully saturated rings. The molecule has 1 aliphatic rings. The summed E-state index contributed by atoms with van der Waals surface area (Å²) in [5, 5.41) is 3.18. The summed E-state index contributed by atoms with van der Waals surface area (Å²) in [5.41, 5.74) is 1.10. The number of nitrogens with zero attached hydrogens (tertiary/aromatic N) is 1. The van der Waals surface area contributed by atoms with Crippen LogP contribution in [0.25, 0.3) is 0 Å². The van der Waals surface area contributed by atoms with Crippen molar-refractivity contribution in [2.24, 2.45) is 0 Å². The van der Waals surface area contributed by atoms with Gasteiger partial charge in [-0.3, -0.25) is 0 Å². The highest BCUT2D eigenvalue weighted by Gasteiger charge is 2.34. The summed E-state index contributed by atoms with van der Waals surface area (Å²) in [7, 11) is 0. The van der Waals surface area contributed by atoms with E-state index >= 15 is 0 Å². The fourth-order valence-corrected chi connectivity index (χ4v) is 1.32. The summed E-state index contributed by atoms with van der Waals surface area (Å²) in [4.78, 5) is 4.20. The van der Waals surface area contributed by atoms with E-state index in [4.69, 9.17) is 4.74 Å². The molecule has 0 saturated carbocycles. The zero-order chi connectivity index (χ0) is 9.31. The molecule has 1 N–H and O–H groups in total. The van der Waals surface area contributed by atoms with Crippen molar-refractivity contribution in [3.05, 3.63) is 23.9 Å². The first-order chi connectivity index (χ1) is 6.18. The summed E-state index contributed by atoms with van der Waals surface area (Å²) in [6.45, 7) is 5.92. The third kappa shape index (κ3) is 1.80. The summed E-state index contributed by atoms with van der Waals surface area (Å²) >= 11 is 0. The SMILES string of the molecule is Cc1ccc(OC2(C)CNC2)nc1. The molecule has 0 spiro atoms. The van der Waals surface area contributed by atoms with E-state index in [2.05, 4.69) is 17.2 Å². The molecular formula is C10H14N2O. The number of hydrogen-bond acceptors (Lipinski definition) is 3. The molecule has 0 unspecified atom stereocenters. The smallest absolute Gasteiger partial charge is 0.213 e. The molecule has 2 rings (SSSR count). The molecule has 70 valence electrons. The van der Waals surface area contributed by atoms with Gasteiger partial charge in [0.25, 0.3) is 0 Å². The molecule has 1 aliphatic heterocycles. The number of hydrogen-bond donors (Lipinski definition) is 1. The van der Waals surface area contributed by atoms with Crippen LogP contribution in [0.5, 0.6) is 5.88 Å². The van der Waals surface area contributed by atoms with Gasteiger partial charge < -0.3 is 10.1 Å². The highest BCUT2D eigenvalue weighted by molar-refractivity contribution is 5.17. The second kappa shape index (κ2) is 3.00. The molecule has 3 heteroatoms. The van der Waals surface area contributed by atoms with Crippen LogP contribution in [0.3, 0.4) is 0 Å². The largest absolute Gasteiger partial charge is 0.469 e. The lowest BCUT2D eigenvalue weighted by molar-refractivity contribution is 0.0304. The van der Waals surface area contributed by atoms with E-state index in [1.54, 1.807) is 0 Å². The van der Waals surface area contributed by atoms with Crippen molar-refractivity contribution in [2.75, 3.05) is 13.1 Å². The van der Waals surface area contributed by atoms with E-state index in [0.717, 1.165) is 24.5 Å². The van der Waals surface area contributed by atoms with Crippen molar-refractivity contribution >= 4 is 0 Å². The van der Waals surface area contributed by atoms with Gasteiger partial charge in [-0.1, -0.05) is 6.07 Å². The van der Waals surface area contributed by atoms with Crippen LogP contribution in [0.1, 0.15) is 12.5 Å². The Balaban J connectivity index is 2.05. The minimum absolute atomic E-state index is 0.0533. The van der Waals surface area contributed by atoms with Crippen LogP contribution in [0, 0.1) is 6.92 Å². The molecule has 3 nitrogen and oxygen atoms in total. The van der Waals surface area contributed by atoms with Crippen molar-refractivity contribution in [3.63, 3.8) is 0 Å². The molecular weight excluding hydrogens is 164 g/mol. The van der Waals surface area contributed by atoms with Crippen LogP contribution in [-0.4, -0.2) is 23.7 Å². The maximum atomic E-state index is 5.72. The highest BCUT2D eigenvalue weighted by Crippen LogP contribution is 2.19. The van der Waals surface area contributed by atoms with Crippen molar-refractivity contribution in [1.29, 1.82) is 0 Å². The van der Waals surface area contributed by atoms with E-state index in [9.17, 15) is 0 Å². The summed E-state index contributed by atoms with van der Waals surface area (Å²) < 4.78 is 5.72. The molecule has 1 saturated heterocycles. The standard InChI is InChI=1S/C10H14N2O/c1-8-3-4-9(12-5-8)13-10(2)6-11-7-10/h3-5,11H,6-7H2,1-2H3. The number of pyridine rings is 1.